The predicted octanol–water partition coefficient (Wildman–Crippen LogP) is 3.47. The fourth-order valence-electron chi connectivity index (χ4n) is 1.88. The van der Waals surface area contributed by atoms with Crippen LogP contribution in [0.4, 0.5) is 5.69 Å². The van der Waals surface area contributed by atoms with Crippen molar-refractivity contribution >= 4 is 5.69 Å². The first-order valence-corrected chi connectivity index (χ1v) is 5.82. The van der Waals surface area contributed by atoms with E-state index in [2.05, 4.69) is 32.2 Å². The Hall–Kier alpha value is -1.49. The molecule has 1 aliphatic carbocycles. The maximum atomic E-state index is 8.88. The molecule has 0 aliphatic heterocycles. The van der Waals surface area contributed by atoms with E-state index in [0.717, 1.165) is 11.3 Å². The molecule has 1 fully saturated rings. The van der Waals surface area contributed by atoms with E-state index in [0.29, 0.717) is 11.5 Å². The van der Waals surface area contributed by atoms with Crippen LogP contribution in [0.25, 0.3) is 0 Å². The van der Waals surface area contributed by atoms with Crippen LogP contribution in [0.3, 0.4) is 0 Å². The van der Waals surface area contributed by atoms with Crippen LogP contribution in [-0.2, 0) is 0 Å². The van der Waals surface area contributed by atoms with Crippen molar-refractivity contribution in [2.24, 2.45) is 5.41 Å². The molecule has 0 heterocycles. The summed E-state index contributed by atoms with van der Waals surface area (Å²) >= 11 is 0. The Bertz CT molecular complexity index is 439. The molecule has 1 aromatic rings. The third kappa shape index (κ3) is 2.04. The smallest absolute Gasteiger partial charge is 0.0992 e. The number of nitrogens with zero attached hydrogens (tertiary/aromatic N) is 1. The van der Waals surface area contributed by atoms with Crippen molar-refractivity contribution in [2.45, 2.75) is 39.7 Å². The highest BCUT2D eigenvalue weighted by Crippen LogP contribution is 2.48. The molecule has 0 radical (unpaired) electrons. The average molecular weight is 214 g/mol. The lowest BCUT2D eigenvalue weighted by Gasteiger charge is -2.22. The first-order valence-electron chi connectivity index (χ1n) is 5.82. The minimum atomic E-state index is 0.453. The van der Waals surface area contributed by atoms with Gasteiger partial charge in [0, 0.05) is 11.7 Å². The second-order valence-corrected chi connectivity index (χ2v) is 5.16. The lowest BCUT2D eigenvalue weighted by atomic mass is 10.00. The van der Waals surface area contributed by atoms with Crippen LogP contribution in [-0.4, -0.2) is 6.04 Å². The van der Waals surface area contributed by atoms with Gasteiger partial charge in [-0.25, -0.2) is 0 Å². The molecule has 1 atom stereocenters. The molecule has 2 heteroatoms. The summed E-state index contributed by atoms with van der Waals surface area (Å²) in [6.07, 6.45) is 2.61. The van der Waals surface area contributed by atoms with Crippen molar-refractivity contribution in [3.63, 3.8) is 0 Å². The van der Waals surface area contributed by atoms with Crippen molar-refractivity contribution in [1.29, 1.82) is 5.26 Å². The van der Waals surface area contributed by atoms with Crippen molar-refractivity contribution in [3.8, 4) is 6.07 Å². The van der Waals surface area contributed by atoms with Gasteiger partial charge in [-0.15, -0.1) is 0 Å². The van der Waals surface area contributed by atoms with Gasteiger partial charge in [0.15, 0.2) is 0 Å². The summed E-state index contributed by atoms with van der Waals surface area (Å²) in [5, 5.41) is 12.4. The Morgan fingerprint density at radius 2 is 2.12 bits per heavy atom. The van der Waals surface area contributed by atoms with Gasteiger partial charge in [-0.1, -0.05) is 13.0 Å². The van der Waals surface area contributed by atoms with E-state index in [1.54, 1.807) is 0 Å². The normalized spacial score (nSPS) is 18.6. The van der Waals surface area contributed by atoms with Crippen LogP contribution in [0.2, 0.25) is 0 Å². The first-order chi connectivity index (χ1) is 7.55. The molecule has 0 bridgehead atoms. The summed E-state index contributed by atoms with van der Waals surface area (Å²) in [4.78, 5) is 0. The second-order valence-electron chi connectivity index (χ2n) is 5.16. The van der Waals surface area contributed by atoms with Gasteiger partial charge in [-0.3, -0.25) is 0 Å². The molecule has 84 valence electrons. The predicted molar refractivity (Wildman–Crippen MR) is 66.3 cm³/mol. The van der Waals surface area contributed by atoms with Crippen molar-refractivity contribution in [1.82, 2.24) is 0 Å². The number of aryl methyl sites for hydroxylation is 1. The molecular weight excluding hydrogens is 196 g/mol. The third-order valence-corrected chi connectivity index (χ3v) is 3.82. The summed E-state index contributed by atoms with van der Waals surface area (Å²) in [5.74, 6) is 0. The number of anilines is 1. The number of rotatable bonds is 3. The Balaban J connectivity index is 2.17. The first kappa shape index (κ1) is 11.0. The zero-order chi connectivity index (χ0) is 11.8. The summed E-state index contributed by atoms with van der Waals surface area (Å²) in [6, 6.07) is 8.46. The van der Waals surface area contributed by atoms with Crippen LogP contribution in [0.1, 0.15) is 37.8 Å². The van der Waals surface area contributed by atoms with Crippen LogP contribution in [0.5, 0.6) is 0 Å². The number of nitriles is 1. The Morgan fingerprint density at radius 3 is 2.69 bits per heavy atom. The van der Waals surface area contributed by atoms with E-state index < -0.39 is 0 Å². The molecule has 2 rings (SSSR count). The Kier molecular flexibility index (Phi) is 2.63. The maximum absolute atomic E-state index is 8.88. The molecule has 1 aliphatic rings. The highest BCUT2D eigenvalue weighted by atomic mass is 14.9. The molecule has 1 N–H and O–H groups in total. The number of hydrogen-bond donors (Lipinski definition) is 1. The van der Waals surface area contributed by atoms with Crippen LogP contribution in [0.15, 0.2) is 18.2 Å². The summed E-state index contributed by atoms with van der Waals surface area (Å²) in [7, 11) is 0. The number of nitrogens with one attached hydrogen (secondary N) is 1. The molecule has 16 heavy (non-hydrogen) atoms. The molecule has 0 aromatic heterocycles. The Morgan fingerprint density at radius 1 is 1.44 bits per heavy atom. The molecule has 0 amide bonds. The van der Waals surface area contributed by atoms with Crippen LogP contribution in [0, 0.1) is 23.7 Å². The quantitative estimate of drug-likeness (QED) is 0.836. The van der Waals surface area contributed by atoms with Crippen molar-refractivity contribution in [3.05, 3.63) is 29.3 Å². The fraction of sp³-hybridized carbons (Fsp3) is 0.500. The molecule has 2 nitrogen and oxygen atoms in total. The van der Waals surface area contributed by atoms with Gasteiger partial charge in [-0.05, 0) is 49.8 Å². The molecule has 1 aromatic carbocycles. The summed E-state index contributed by atoms with van der Waals surface area (Å²) < 4.78 is 0. The maximum Gasteiger partial charge on any atom is 0.0992 e. The van der Waals surface area contributed by atoms with Crippen LogP contribution >= 0.6 is 0 Å². The van der Waals surface area contributed by atoms with Gasteiger partial charge >= 0.3 is 0 Å². The molecular formula is C14H18N2. The van der Waals surface area contributed by atoms with Crippen LogP contribution < -0.4 is 5.32 Å². The highest BCUT2D eigenvalue weighted by Gasteiger charge is 2.42. The number of benzene rings is 1. The summed E-state index contributed by atoms with van der Waals surface area (Å²) in [6.45, 7) is 6.62. The van der Waals surface area contributed by atoms with Gasteiger partial charge in [0.2, 0.25) is 0 Å². The SMILES string of the molecule is Cc1ccc(C#N)cc1NC(C)C1(C)CC1. The van der Waals surface area contributed by atoms with E-state index in [1.807, 2.05) is 18.2 Å². The van der Waals surface area contributed by atoms with Gasteiger partial charge in [0.1, 0.15) is 0 Å². The molecule has 0 spiro atoms. The van der Waals surface area contributed by atoms with E-state index >= 15 is 0 Å². The Labute approximate surface area is 97.3 Å². The summed E-state index contributed by atoms with van der Waals surface area (Å²) in [5.41, 5.74) is 3.48. The zero-order valence-electron chi connectivity index (χ0n) is 10.2. The molecule has 1 unspecified atom stereocenters. The lowest BCUT2D eigenvalue weighted by molar-refractivity contribution is 0.493. The largest absolute Gasteiger partial charge is 0.382 e. The van der Waals surface area contributed by atoms with Gasteiger partial charge in [0.25, 0.3) is 0 Å². The standard InChI is InChI=1S/C14H18N2/c1-10-4-5-12(9-15)8-13(10)16-11(2)14(3)6-7-14/h4-5,8,11,16H,6-7H2,1-3H3. The molecule has 0 saturated heterocycles. The zero-order valence-corrected chi connectivity index (χ0v) is 10.2. The average Bonchev–Trinajstić information content (AvgIpc) is 3.01. The second kappa shape index (κ2) is 3.83. The van der Waals surface area contributed by atoms with E-state index in [4.69, 9.17) is 5.26 Å². The van der Waals surface area contributed by atoms with Crippen molar-refractivity contribution in [2.75, 3.05) is 5.32 Å². The van der Waals surface area contributed by atoms with E-state index in [1.165, 1.54) is 18.4 Å². The monoisotopic (exact) mass is 214 g/mol. The van der Waals surface area contributed by atoms with Gasteiger partial charge in [0.05, 0.1) is 11.6 Å². The minimum absolute atomic E-state index is 0.453. The van der Waals surface area contributed by atoms with Crippen molar-refractivity contribution < 1.29 is 0 Å². The number of hydrogen-bond acceptors (Lipinski definition) is 2. The van der Waals surface area contributed by atoms with Gasteiger partial charge < -0.3 is 5.32 Å². The minimum Gasteiger partial charge on any atom is -0.382 e. The fourth-order valence-corrected chi connectivity index (χ4v) is 1.88. The van der Waals surface area contributed by atoms with Gasteiger partial charge in [-0.2, -0.15) is 5.26 Å². The third-order valence-electron chi connectivity index (χ3n) is 3.82. The molecule has 1 saturated carbocycles. The topological polar surface area (TPSA) is 35.8 Å². The van der Waals surface area contributed by atoms with E-state index in [9.17, 15) is 0 Å². The lowest BCUT2D eigenvalue weighted by Crippen LogP contribution is -2.25. The highest BCUT2D eigenvalue weighted by molar-refractivity contribution is 5.56. The van der Waals surface area contributed by atoms with E-state index in [-0.39, 0.29) is 0 Å².